The number of phenolic OH excluding ortho intramolecular Hbond substituents is 1. The first-order valence-corrected chi connectivity index (χ1v) is 6.04. The maximum atomic E-state index is 11.2. The van der Waals surface area contributed by atoms with Crippen molar-refractivity contribution in [2.24, 2.45) is 0 Å². The number of aryl methyl sites for hydroxylation is 1. The molecule has 0 radical (unpaired) electrons. The molecule has 0 bridgehead atoms. The van der Waals surface area contributed by atoms with Gasteiger partial charge in [0.2, 0.25) is 0 Å². The van der Waals surface area contributed by atoms with Crippen molar-refractivity contribution in [1.29, 1.82) is 0 Å². The van der Waals surface area contributed by atoms with Gasteiger partial charge in [-0.15, -0.1) is 0 Å². The largest absolute Gasteiger partial charge is 0.507 e. The molecule has 2 aromatic carbocycles. The van der Waals surface area contributed by atoms with Crippen LogP contribution in [-0.4, -0.2) is 18.1 Å². The number of hydrogen-bond acceptors (Lipinski definition) is 3. The van der Waals surface area contributed by atoms with Gasteiger partial charge in [-0.1, -0.05) is 24.3 Å². The highest BCUT2D eigenvalue weighted by molar-refractivity contribution is 7.86. The van der Waals surface area contributed by atoms with E-state index in [0.717, 1.165) is 0 Å². The van der Waals surface area contributed by atoms with Crippen LogP contribution in [0, 0.1) is 6.92 Å². The second kappa shape index (κ2) is 3.47. The molecule has 0 aliphatic heterocycles. The second-order valence-electron chi connectivity index (χ2n) is 3.56. The Morgan fingerprint density at radius 2 is 1.69 bits per heavy atom. The Kier molecular flexibility index (Phi) is 2.36. The molecule has 2 N–H and O–H groups in total. The van der Waals surface area contributed by atoms with E-state index < -0.39 is 10.1 Å². The van der Waals surface area contributed by atoms with Crippen molar-refractivity contribution in [1.82, 2.24) is 0 Å². The summed E-state index contributed by atoms with van der Waals surface area (Å²) in [6.45, 7) is 1.58. The molecule has 0 amide bonds. The first kappa shape index (κ1) is 10.9. The highest BCUT2D eigenvalue weighted by Crippen LogP contribution is 2.33. The number of aromatic hydroxyl groups is 1. The standard InChI is InChI=1S/C11H10O4S/c1-7-6-10(16(13,14)15)8-4-2-3-5-9(8)11(7)12/h2-6,12H,1H3,(H,13,14,15). The van der Waals surface area contributed by atoms with Gasteiger partial charge in [0.05, 0.1) is 0 Å². The monoisotopic (exact) mass is 238 g/mol. The van der Waals surface area contributed by atoms with Crippen molar-refractivity contribution in [2.75, 3.05) is 0 Å². The Balaban J connectivity index is 3.02. The van der Waals surface area contributed by atoms with Crippen LogP contribution in [0.25, 0.3) is 10.8 Å². The third-order valence-corrected chi connectivity index (χ3v) is 3.34. The molecule has 0 aromatic heterocycles. The van der Waals surface area contributed by atoms with E-state index in [0.29, 0.717) is 16.3 Å². The van der Waals surface area contributed by atoms with Gasteiger partial charge in [-0.25, -0.2) is 0 Å². The van der Waals surface area contributed by atoms with Crippen LogP contribution in [0.1, 0.15) is 5.56 Å². The summed E-state index contributed by atoms with van der Waals surface area (Å²) in [6.07, 6.45) is 0. The maximum absolute atomic E-state index is 11.2. The average Bonchev–Trinajstić information content (AvgIpc) is 2.22. The van der Waals surface area contributed by atoms with Crippen LogP contribution in [-0.2, 0) is 10.1 Å². The van der Waals surface area contributed by atoms with Crippen molar-refractivity contribution in [3.05, 3.63) is 35.9 Å². The fourth-order valence-electron chi connectivity index (χ4n) is 1.67. The first-order valence-electron chi connectivity index (χ1n) is 4.60. The van der Waals surface area contributed by atoms with Crippen LogP contribution < -0.4 is 0 Å². The SMILES string of the molecule is Cc1cc(S(=O)(=O)O)c2ccccc2c1O. The zero-order valence-corrected chi connectivity index (χ0v) is 9.32. The summed E-state index contributed by atoms with van der Waals surface area (Å²) in [7, 11) is -4.28. The Labute approximate surface area is 92.9 Å². The summed E-state index contributed by atoms with van der Waals surface area (Å²) < 4.78 is 31.5. The van der Waals surface area contributed by atoms with Gasteiger partial charge < -0.3 is 5.11 Å². The number of phenols is 1. The zero-order valence-electron chi connectivity index (χ0n) is 8.51. The van der Waals surface area contributed by atoms with Crippen LogP contribution in [0.2, 0.25) is 0 Å². The summed E-state index contributed by atoms with van der Waals surface area (Å²) in [5.74, 6) is 0.0306. The molecular weight excluding hydrogens is 228 g/mol. The van der Waals surface area contributed by atoms with Crippen LogP contribution in [0.5, 0.6) is 5.75 Å². The normalized spacial score (nSPS) is 11.9. The molecule has 0 saturated heterocycles. The van der Waals surface area contributed by atoms with Gasteiger partial charge in [0.15, 0.2) is 0 Å². The summed E-state index contributed by atoms with van der Waals surface area (Å²) in [5, 5.41) is 10.5. The molecule has 0 aliphatic rings. The van der Waals surface area contributed by atoms with E-state index in [4.69, 9.17) is 4.55 Å². The Morgan fingerprint density at radius 1 is 1.12 bits per heavy atom. The lowest BCUT2D eigenvalue weighted by Crippen LogP contribution is -2.00. The van der Waals surface area contributed by atoms with Gasteiger partial charge in [0.25, 0.3) is 10.1 Å². The van der Waals surface area contributed by atoms with Crippen molar-refractivity contribution in [3.63, 3.8) is 0 Å². The number of fused-ring (bicyclic) bond motifs is 1. The first-order chi connectivity index (χ1) is 7.41. The lowest BCUT2D eigenvalue weighted by atomic mass is 10.1. The van der Waals surface area contributed by atoms with E-state index in [-0.39, 0.29) is 10.6 Å². The second-order valence-corrected chi connectivity index (χ2v) is 4.95. The molecule has 16 heavy (non-hydrogen) atoms. The van der Waals surface area contributed by atoms with Gasteiger partial charge in [-0.2, -0.15) is 8.42 Å². The van der Waals surface area contributed by atoms with Crippen LogP contribution in [0.3, 0.4) is 0 Å². The number of benzene rings is 2. The minimum absolute atomic E-state index is 0.0306. The van der Waals surface area contributed by atoms with Gasteiger partial charge in [-0.05, 0) is 18.6 Å². The van der Waals surface area contributed by atoms with Crippen molar-refractivity contribution in [2.45, 2.75) is 11.8 Å². The lowest BCUT2D eigenvalue weighted by Gasteiger charge is -2.08. The minimum atomic E-state index is -4.28. The smallest absolute Gasteiger partial charge is 0.295 e. The highest BCUT2D eigenvalue weighted by atomic mass is 32.2. The molecule has 5 heteroatoms. The Morgan fingerprint density at radius 3 is 2.25 bits per heavy atom. The van der Waals surface area contributed by atoms with Gasteiger partial charge in [-0.3, -0.25) is 4.55 Å². The molecule has 4 nitrogen and oxygen atoms in total. The quantitative estimate of drug-likeness (QED) is 0.746. The van der Waals surface area contributed by atoms with Crippen molar-refractivity contribution in [3.8, 4) is 5.75 Å². The highest BCUT2D eigenvalue weighted by Gasteiger charge is 2.17. The van der Waals surface area contributed by atoms with E-state index in [1.165, 1.54) is 12.1 Å². The third-order valence-electron chi connectivity index (χ3n) is 2.45. The topological polar surface area (TPSA) is 74.6 Å². The third kappa shape index (κ3) is 1.64. The summed E-state index contributed by atoms with van der Waals surface area (Å²) in [5.41, 5.74) is 0.409. The fourth-order valence-corrected chi connectivity index (χ4v) is 2.45. The molecule has 0 spiro atoms. The van der Waals surface area contributed by atoms with Crippen molar-refractivity contribution >= 4 is 20.9 Å². The van der Waals surface area contributed by atoms with Gasteiger partial charge in [0.1, 0.15) is 10.6 Å². The maximum Gasteiger partial charge on any atom is 0.295 e. The molecule has 2 rings (SSSR count). The van der Waals surface area contributed by atoms with Crippen LogP contribution in [0.4, 0.5) is 0 Å². The molecular formula is C11H10O4S. The molecule has 0 aliphatic carbocycles. The van der Waals surface area contributed by atoms with Gasteiger partial charge in [0, 0.05) is 10.8 Å². The molecule has 2 aromatic rings. The number of hydrogen-bond donors (Lipinski definition) is 2. The van der Waals surface area contributed by atoms with Crippen LogP contribution in [0.15, 0.2) is 35.2 Å². The van der Waals surface area contributed by atoms with E-state index in [1.807, 2.05) is 0 Å². The molecule has 0 fully saturated rings. The average molecular weight is 238 g/mol. The summed E-state index contributed by atoms with van der Waals surface area (Å²) >= 11 is 0. The van der Waals surface area contributed by atoms with E-state index in [9.17, 15) is 13.5 Å². The Hall–Kier alpha value is -1.59. The molecule has 0 saturated carbocycles. The van der Waals surface area contributed by atoms with Crippen LogP contribution >= 0.6 is 0 Å². The minimum Gasteiger partial charge on any atom is -0.507 e. The molecule has 84 valence electrons. The lowest BCUT2D eigenvalue weighted by molar-refractivity contribution is 0.475. The summed E-state index contributed by atoms with van der Waals surface area (Å²) in [4.78, 5) is -0.182. The predicted molar refractivity (Wildman–Crippen MR) is 60.2 cm³/mol. The zero-order chi connectivity index (χ0) is 11.9. The molecule has 0 unspecified atom stereocenters. The van der Waals surface area contributed by atoms with E-state index in [2.05, 4.69) is 0 Å². The fraction of sp³-hybridized carbons (Fsp3) is 0.0909. The van der Waals surface area contributed by atoms with Crippen molar-refractivity contribution < 1.29 is 18.1 Å². The van der Waals surface area contributed by atoms with E-state index >= 15 is 0 Å². The van der Waals surface area contributed by atoms with E-state index in [1.54, 1.807) is 25.1 Å². The predicted octanol–water partition coefficient (Wildman–Crippen LogP) is 2.10. The molecule has 0 atom stereocenters. The number of rotatable bonds is 1. The Bertz CT molecular complexity index is 659. The summed E-state index contributed by atoms with van der Waals surface area (Å²) in [6, 6.07) is 7.73. The van der Waals surface area contributed by atoms with Gasteiger partial charge >= 0.3 is 0 Å². The molecule has 0 heterocycles.